The number of hydrogen-bond donors (Lipinski definition) is 2. The van der Waals surface area contributed by atoms with Crippen LogP contribution in [-0.2, 0) is 11.2 Å². The van der Waals surface area contributed by atoms with Crippen molar-refractivity contribution in [1.82, 2.24) is 10.3 Å². The Hall–Kier alpha value is -3.22. The fraction of sp³-hybridized carbons (Fsp3) is 0.211. The topological polar surface area (TPSA) is 92.2 Å². The average molecular weight is 356 g/mol. The van der Waals surface area contributed by atoms with Gasteiger partial charge in [-0.3, -0.25) is 14.6 Å². The molecule has 6 nitrogen and oxygen atoms in total. The average Bonchev–Trinajstić information content (AvgIpc) is 3.00. The highest BCUT2D eigenvalue weighted by Crippen LogP contribution is 2.14. The van der Waals surface area contributed by atoms with Gasteiger partial charge in [0, 0.05) is 24.9 Å². The number of amides is 1. The Morgan fingerprint density at radius 3 is 2.62 bits per heavy atom. The summed E-state index contributed by atoms with van der Waals surface area (Å²) < 4.78 is 17.7. The van der Waals surface area contributed by atoms with Gasteiger partial charge < -0.3 is 9.73 Å². The van der Waals surface area contributed by atoms with Crippen LogP contribution >= 0.6 is 0 Å². The quantitative estimate of drug-likeness (QED) is 0.637. The number of ketones is 1. The predicted octanol–water partition coefficient (Wildman–Crippen LogP) is 2.58. The Morgan fingerprint density at radius 2 is 1.85 bits per heavy atom. The lowest BCUT2D eigenvalue weighted by molar-refractivity contribution is -0.121. The molecular weight excluding hydrogens is 339 g/mol. The van der Waals surface area contributed by atoms with Gasteiger partial charge in [0.25, 0.3) is 0 Å². The van der Waals surface area contributed by atoms with Crippen molar-refractivity contribution < 1.29 is 18.4 Å². The lowest BCUT2D eigenvalue weighted by Gasteiger charge is -2.05. The molecule has 2 N–H and O–H groups in total. The van der Waals surface area contributed by atoms with Gasteiger partial charge in [0.2, 0.25) is 5.91 Å². The summed E-state index contributed by atoms with van der Waals surface area (Å²) in [5.74, 6) is -1.31. The van der Waals surface area contributed by atoms with Crippen molar-refractivity contribution in [1.29, 1.82) is 0 Å². The van der Waals surface area contributed by atoms with Crippen LogP contribution in [0.25, 0.3) is 11.1 Å². The van der Waals surface area contributed by atoms with Gasteiger partial charge in [0.15, 0.2) is 11.4 Å². The van der Waals surface area contributed by atoms with E-state index in [-0.39, 0.29) is 30.3 Å². The SMILES string of the molecule is O=C(CCC(=O)c1ccc2[nH]c(=O)oc2c1)NCCc1ccc(F)cc1. The first-order valence-corrected chi connectivity index (χ1v) is 8.18. The van der Waals surface area contributed by atoms with Crippen molar-refractivity contribution in [3.63, 3.8) is 0 Å². The van der Waals surface area contributed by atoms with Gasteiger partial charge in [-0.25, -0.2) is 9.18 Å². The minimum absolute atomic E-state index is 0.0581. The number of rotatable bonds is 7. The molecule has 1 amide bonds. The van der Waals surface area contributed by atoms with Crippen molar-refractivity contribution in [2.45, 2.75) is 19.3 Å². The highest BCUT2D eigenvalue weighted by Gasteiger charge is 2.11. The third-order valence-corrected chi connectivity index (χ3v) is 3.97. The van der Waals surface area contributed by atoms with Crippen LogP contribution in [0.1, 0.15) is 28.8 Å². The molecule has 0 radical (unpaired) electrons. The number of halogens is 1. The van der Waals surface area contributed by atoms with E-state index in [9.17, 15) is 18.8 Å². The highest BCUT2D eigenvalue weighted by atomic mass is 19.1. The van der Waals surface area contributed by atoms with E-state index >= 15 is 0 Å². The summed E-state index contributed by atoms with van der Waals surface area (Å²) in [6.45, 7) is 0.416. The maximum Gasteiger partial charge on any atom is 0.417 e. The molecule has 7 heteroatoms. The molecule has 0 unspecified atom stereocenters. The fourth-order valence-corrected chi connectivity index (χ4v) is 2.58. The van der Waals surface area contributed by atoms with Crippen LogP contribution in [0.3, 0.4) is 0 Å². The number of aromatic amines is 1. The van der Waals surface area contributed by atoms with Crippen molar-refractivity contribution in [3.8, 4) is 0 Å². The van der Waals surface area contributed by atoms with Crippen molar-refractivity contribution in [3.05, 3.63) is 70.0 Å². The lowest BCUT2D eigenvalue weighted by Crippen LogP contribution is -2.26. The van der Waals surface area contributed by atoms with E-state index in [1.54, 1.807) is 24.3 Å². The van der Waals surface area contributed by atoms with Crippen LogP contribution in [0.4, 0.5) is 4.39 Å². The molecule has 0 fully saturated rings. The number of oxazole rings is 1. The molecule has 3 aromatic rings. The first-order valence-electron chi connectivity index (χ1n) is 8.18. The number of hydrogen-bond acceptors (Lipinski definition) is 4. The molecule has 0 bridgehead atoms. The molecule has 0 spiro atoms. The number of fused-ring (bicyclic) bond motifs is 1. The van der Waals surface area contributed by atoms with E-state index in [4.69, 9.17) is 4.42 Å². The third-order valence-electron chi connectivity index (χ3n) is 3.97. The second kappa shape index (κ2) is 7.77. The molecule has 1 heterocycles. The molecule has 0 aliphatic heterocycles. The number of aromatic nitrogens is 1. The molecule has 0 aliphatic carbocycles. The van der Waals surface area contributed by atoms with E-state index in [1.165, 1.54) is 18.2 Å². The van der Waals surface area contributed by atoms with E-state index in [1.807, 2.05) is 0 Å². The van der Waals surface area contributed by atoms with Crippen molar-refractivity contribution in [2.24, 2.45) is 0 Å². The van der Waals surface area contributed by atoms with Crippen LogP contribution in [0.2, 0.25) is 0 Å². The maximum atomic E-state index is 12.8. The van der Waals surface area contributed by atoms with Gasteiger partial charge in [-0.1, -0.05) is 12.1 Å². The van der Waals surface area contributed by atoms with E-state index in [0.29, 0.717) is 29.6 Å². The zero-order valence-corrected chi connectivity index (χ0v) is 13.9. The standard InChI is InChI=1S/C19H17FN2O4/c20-14-4-1-12(2-5-14)9-10-21-18(24)8-7-16(23)13-3-6-15-17(11-13)26-19(25)22-15/h1-6,11H,7-10H2,(H,21,24)(H,22,25). The molecule has 26 heavy (non-hydrogen) atoms. The first kappa shape index (κ1) is 17.6. The van der Waals surface area contributed by atoms with Gasteiger partial charge in [-0.15, -0.1) is 0 Å². The minimum atomic E-state index is -0.579. The zero-order valence-electron chi connectivity index (χ0n) is 13.9. The molecule has 0 aliphatic rings. The van der Waals surface area contributed by atoms with Crippen LogP contribution in [0.5, 0.6) is 0 Å². The second-order valence-corrected chi connectivity index (χ2v) is 5.88. The van der Waals surface area contributed by atoms with Crippen LogP contribution < -0.4 is 11.1 Å². The van der Waals surface area contributed by atoms with E-state index < -0.39 is 5.76 Å². The summed E-state index contributed by atoms with van der Waals surface area (Å²) in [6.07, 6.45) is 0.711. The van der Waals surface area contributed by atoms with Crippen LogP contribution in [0.15, 0.2) is 51.7 Å². The van der Waals surface area contributed by atoms with Crippen LogP contribution in [0, 0.1) is 5.82 Å². The van der Waals surface area contributed by atoms with Gasteiger partial charge in [-0.05, 0) is 42.3 Å². The number of Topliss-reactive ketones (excluding diaryl/α,β-unsaturated/α-hetero) is 1. The molecule has 3 rings (SSSR count). The number of carbonyl (C=O) groups excluding carboxylic acids is 2. The smallest absolute Gasteiger partial charge is 0.408 e. The Bertz CT molecular complexity index is 989. The molecule has 1 aromatic heterocycles. The summed E-state index contributed by atoms with van der Waals surface area (Å²) in [7, 11) is 0. The normalized spacial score (nSPS) is 10.8. The Morgan fingerprint density at radius 1 is 1.08 bits per heavy atom. The van der Waals surface area contributed by atoms with Crippen molar-refractivity contribution >= 4 is 22.8 Å². The summed E-state index contributed by atoms with van der Waals surface area (Å²) in [6, 6.07) is 10.8. The Balaban J connectivity index is 1.46. The summed E-state index contributed by atoms with van der Waals surface area (Å²) >= 11 is 0. The summed E-state index contributed by atoms with van der Waals surface area (Å²) in [5.41, 5.74) is 2.14. The highest BCUT2D eigenvalue weighted by molar-refractivity contribution is 6.00. The molecular formula is C19H17FN2O4. The Kier molecular flexibility index (Phi) is 5.26. The fourth-order valence-electron chi connectivity index (χ4n) is 2.58. The molecule has 0 saturated carbocycles. The molecule has 0 saturated heterocycles. The number of carbonyl (C=O) groups is 2. The first-order chi connectivity index (χ1) is 12.5. The molecule has 134 valence electrons. The van der Waals surface area contributed by atoms with Gasteiger partial charge in [-0.2, -0.15) is 0 Å². The maximum absolute atomic E-state index is 12.8. The van der Waals surface area contributed by atoms with Crippen molar-refractivity contribution in [2.75, 3.05) is 6.54 Å². The van der Waals surface area contributed by atoms with Gasteiger partial charge in [0.05, 0.1) is 5.52 Å². The molecule has 2 aromatic carbocycles. The molecule has 0 atom stereocenters. The van der Waals surface area contributed by atoms with E-state index in [0.717, 1.165) is 5.56 Å². The monoisotopic (exact) mass is 356 g/mol. The third kappa shape index (κ3) is 4.44. The largest absolute Gasteiger partial charge is 0.417 e. The minimum Gasteiger partial charge on any atom is -0.408 e. The van der Waals surface area contributed by atoms with Crippen LogP contribution in [-0.4, -0.2) is 23.2 Å². The van der Waals surface area contributed by atoms with Gasteiger partial charge in [0.1, 0.15) is 5.82 Å². The number of benzene rings is 2. The number of H-pyrrole nitrogens is 1. The van der Waals surface area contributed by atoms with E-state index in [2.05, 4.69) is 10.3 Å². The summed E-state index contributed by atoms with van der Waals surface area (Å²) in [4.78, 5) is 37.7. The van der Waals surface area contributed by atoms with Gasteiger partial charge >= 0.3 is 5.76 Å². The summed E-state index contributed by atoms with van der Waals surface area (Å²) in [5, 5.41) is 2.74. The second-order valence-electron chi connectivity index (χ2n) is 5.88. The predicted molar refractivity (Wildman–Crippen MR) is 93.5 cm³/mol. The lowest BCUT2D eigenvalue weighted by atomic mass is 10.1. The number of nitrogens with one attached hydrogen (secondary N) is 2. The Labute approximate surface area is 148 Å². The zero-order chi connectivity index (χ0) is 18.5.